The highest BCUT2D eigenvalue weighted by atomic mass is 16.3. The topological polar surface area (TPSA) is 124 Å². The van der Waals surface area contributed by atoms with E-state index in [9.17, 15) is 15.2 Å². The zero-order valence-corrected chi connectivity index (χ0v) is 20.0. The summed E-state index contributed by atoms with van der Waals surface area (Å²) in [6, 6.07) is 9.46. The van der Waals surface area contributed by atoms with Gasteiger partial charge in [0.1, 0.15) is 5.52 Å². The first-order chi connectivity index (χ1) is 17.6. The predicted molar refractivity (Wildman–Crippen MR) is 136 cm³/mol. The minimum absolute atomic E-state index is 0.0490. The van der Waals surface area contributed by atoms with Crippen molar-refractivity contribution >= 4 is 22.5 Å². The third kappa shape index (κ3) is 4.00. The summed E-state index contributed by atoms with van der Waals surface area (Å²) >= 11 is 0. The number of nitrogens with zero attached hydrogens (tertiary/aromatic N) is 7. The number of pyridine rings is 2. The van der Waals surface area contributed by atoms with Crippen LogP contribution >= 0.6 is 0 Å². The van der Waals surface area contributed by atoms with E-state index >= 15 is 0 Å². The van der Waals surface area contributed by atoms with Crippen molar-refractivity contribution in [3.05, 3.63) is 52.6 Å². The molecule has 10 nitrogen and oxygen atoms in total. The normalized spacial score (nSPS) is 20.9. The number of aliphatic hydroxyl groups is 1. The Bertz CT molecular complexity index is 1520. The molecule has 0 unspecified atom stereocenters. The molecule has 0 radical (unpaired) electrons. The van der Waals surface area contributed by atoms with Gasteiger partial charge in [0.15, 0.2) is 11.5 Å². The number of hydrogen-bond donors (Lipinski definition) is 2. The van der Waals surface area contributed by atoms with Gasteiger partial charge in [-0.2, -0.15) is 10.4 Å². The Kier molecular flexibility index (Phi) is 5.87. The van der Waals surface area contributed by atoms with E-state index < -0.39 is 0 Å². The molecule has 36 heavy (non-hydrogen) atoms. The van der Waals surface area contributed by atoms with Crippen LogP contribution in [-0.2, 0) is 0 Å². The monoisotopic (exact) mass is 484 g/mol. The Morgan fingerprint density at radius 3 is 2.78 bits per heavy atom. The van der Waals surface area contributed by atoms with Crippen molar-refractivity contribution in [2.75, 3.05) is 31.1 Å². The van der Waals surface area contributed by atoms with E-state index in [1.54, 1.807) is 29.0 Å². The average molecular weight is 485 g/mol. The number of aliphatic hydroxyl groups excluding tert-OH is 1. The molecule has 2 aliphatic rings. The molecule has 0 spiro atoms. The number of hydrogen-bond acceptors (Lipinski definition) is 8. The van der Waals surface area contributed by atoms with Crippen LogP contribution in [-0.4, -0.2) is 61.5 Å². The minimum atomic E-state index is -0.321. The van der Waals surface area contributed by atoms with Crippen molar-refractivity contribution in [2.24, 2.45) is 0 Å². The van der Waals surface area contributed by atoms with E-state index in [-0.39, 0.29) is 17.7 Å². The summed E-state index contributed by atoms with van der Waals surface area (Å²) in [5.74, 6) is 0.474. The first-order valence-electron chi connectivity index (χ1n) is 12.6. The van der Waals surface area contributed by atoms with Crippen LogP contribution in [0, 0.1) is 11.3 Å². The summed E-state index contributed by atoms with van der Waals surface area (Å²) in [5, 5.41) is 27.2. The Hall–Kier alpha value is -3.81. The van der Waals surface area contributed by atoms with Gasteiger partial charge in [-0.3, -0.25) is 9.36 Å². The molecule has 6 rings (SSSR count). The second-order valence-electron chi connectivity index (χ2n) is 9.62. The van der Waals surface area contributed by atoms with Gasteiger partial charge < -0.3 is 15.3 Å². The molecule has 2 fully saturated rings. The highest BCUT2D eigenvalue weighted by molar-refractivity contribution is 5.83. The zero-order chi connectivity index (χ0) is 24.6. The second kappa shape index (κ2) is 9.33. The molecule has 0 amide bonds. The van der Waals surface area contributed by atoms with Crippen molar-refractivity contribution in [1.29, 1.82) is 5.26 Å². The van der Waals surface area contributed by atoms with Crippen LogP contribution in [0.4, 0.5) is 5.82 Å². The SMILES string of the molecule is N#Cc1ccn2ncc(-c3ccc4nc(N5CCCNCC5)c(=O)n([C@H]5CC[C@H](O)CC5)c4n3)c2c1. The minimum Gasteiger partial charge on any atom is -0.393 e. The van der Waals surface area contributed by atoms with Gasteiger partial charge in [0.25, 0.3) is 5.56 Å². The molecular weight excluding hydrogens is 456 g/mol. The van der Waals surface area contributed by atoms with E-state index in [2.05, 4.69) is 21.4 Å². The molecule has 5 heterocycles. The van der Waals surface area contributed by atoms with Crippen LogP contribution in [0.2, 0.25) is 0 Å². The standard InChI is InChI=1S/C26H28N8O2/c27-15-17-8-12-33-23(14-17)20(16-29-33)21-6-7-22-24(30-21)34(18-2-4-19(35)5-3-18)26(36)25(31-22)32-11-1-9-28-10-13-32/h6-8,12,14,16,18-19,28,35H,1-5,9-11,13H2/t18-,19-. The van der Waals surface area contributed by atoms with Crippen LogP contribution in [0.1, 0.15) is 43.7 Å². The van der Waals surface area contributed by atoms with Crippen molar-refractivity contribution in [1.82, 2.24) is 29.5 Å². The molecule has 0 atom stereocenters. The zero-order valence-electron chi connectivity index (χ0n) is 20.0. The summed E-state index contributed by atoms with van der Waals surface area (Å²) in [4.78, 5) is 25.8. The Labute approximate surface area is 207 Å². The van der Waals surface area contributed by atoms with Crippen molar-refractivity contribution < 1.29 is 5.11 Å². The van der Waals surface area contributed by atoms with E-state index in [1.165, 1.54) is 0 Å². The molecule has 10 heteroatoms. The molecule has 0 aromatic carbocycles. The lowest BCUT2D eigenvalue weighted by Crippen LogP contribution is -2.38. The highest BCUT2D eigenvalue weighted by Crippen LogP contribution is 2.31. The van der Waals surface area contributed by atoms with E-state index in [1.807, 2.05) is 16.7 Å². The summed E-state index contributed by atoms with van der Waals surface area (Å²) in [6.07, 6.45) is 6.87. The van der Waals surface area contributed by atoms with Crippen LogP contribution in [0.25, 0.3) is 27.9 Å². The van der Waals surface area contributed by atoms with Crippen molar-refractivity contribution in [3.8, 4) is 17.3 Å². The molecule has 1 aliphatic carbocycles. The summed E-state index contributed by atoms with van der Waals surface area (Å²) in [7, 11) is 0. The first kappa shape index (κ1) is 22.6. The van der Waals surface area contributed by atoms with Crippen molar-refractivity contribution in [3.63, 3.8) is 0 Å². The highest BCUT2D eigenvalue weighted by Gasteiger charge is 2.27. The van der Waals surface area contributed by atoms with Gasteiger partial charge in [-0.15, -0.1) is 0 Å². The molecule has 2 N–H and O–H groups in total. The van der Waals surface area contributed by atoms with Crippen LogP contribution in [0.15, 0.2) is 41.5 Å². The van der Waals surface area contributed by atoms with Gasteiger partial charge in [0.05, 0.1) is 35.1 Å². The van der Waals surface area contributed by atoms with E-state index in [0.717, 1.165) is 56.5 Å². The maximum Gasteiger partial charge on any atom is 0.295 e. The smallest absolute Gasteiger partial charge is 0.295 e. The number of fused-ring (bicyclic) bond motifs is 2. The first-order valence-corrected chi connectivity index (χ1v) is 12.6. The number of rotatable bonds is 3. The van der Waals surface area contributed by atoms with Crippen molar-refractivity contribution in [2.45, 2.75) is 44.2 Å². The number of anilines is 1. The van der Waals surface area contributed by atoms with Gasteiger partial charge in [-0.05, 0) is 62.9 Å². The molecular formula is C26H28N8O2. The van der Waals surface area contributed by atoms with Gasteiger partial charge in [-0.1, -0.05) is 0 Å². The average Bonchev–Trinajstić information content (AvgIpc) is 3.13. The Balaban J connectivity index is 1.53. The van der Waals surface area contributed by atoms with Gasteiger partial charge >= 0.3 is 0 Å². The molecule has 1 saturated carbocycles. The van der Waals surface area contributed by atoms with Crippen LogP contribution in [0.5, 0.6) is 0 Å². The lowest BCUT2D eigenvalue weighted by molar-refractivity contribution is 0.111. The molecule has 1 aliphatic heterocycles. The molecule has 0 bridgehead atoms. The number of nitrogens with one attached hydrogen (secondary N) is 1. The Morgan fingerprint density at radius 2 is 1.94 bits per heavy atom. The van der Waals surface area contributed by atoms with Gasteiger partial charge in [0.2, 0.25) is 0 Å². The largest absolute Gasteiger partial charge is 0.393 e. The molecule has 1 saturated heterocycles. The van der Waals surface area contributed by atoms with Gasteiger partial charge in [0, 0.05) is 37.4 Å². The van der Waals surface area contributed by atoms with Gasteiger partial charge in [-0.25, -0.2) is 14.5 Å². The maximum absolute atomic E-state index is 14.0. The quantitative estimate of drug-likeness (QED) is 0.454. The summed E-state index contributed by atoms with van der Waals surface area (Å²) < 4.78 is 3.53. The fourth-order valence-corrected chi connectivity index (χ4v) is 5.39. The lowest BCUT2D eigenvalue weighted by atomic mass is 9.93. The second-order valence-corrected chi connectivity index (χ2v) is 9.62. The van der Waals surface area contributed by atoms with E-state index in [4.69, 9.17) is 9.97 Å². The third-order valence-corrected chi connectivity index (χ3v) is 7.32. The van der Waals surface area contributed by atoms with Crippen LogP contribution < -0.4 is 15.8 Å². The van der Waals surface area contributed by atoms with Crippen LogP contribution in [0.3, 0.4) is 0 Å². The van der Waals surface area contributed by atoms with E-state index in [0.29, 0.717) is 41.1 Å². The third-order valence-electron chi connectivity index (χ3n) is 7.32. The predicted octanol–water partition coefficient (Wildman–Crippen LogP) is 2.25. The fourth-order valence-electron chi connectivity index (χ4n) is 5.39. The summed E-state index contributed by atoms with van der Waals surface area (Å²) in [5.41, 5.74) is 3.87. The molecule has 4 aromatic heterocycles. The number of aromatic nitrogens is 5. The number of nitriles is 1. The molecule has 4 aromatic rings. The maximum atomic E-state index is 14.0. The molecule has 184 valence electrons. The fraction of sp³-hybridized carbons (Fsp3) is 0.423. The lowest BCUT2D eigenvalue weighted by Gasteiger charge is -2.29. The Morgan fingerprint density at radius 1 is 1.08 bits per heavy atom. The summed E-state index contributed by atoms with van der Waals surface area (Å²) in [6.45, 7) is 3.24.